The van der Waals surface area contributed by atoms with Crippen LogP contribution in [0.3, 0.4) is 0 Å². The Morgan fingerprint density at radius 1 is 0.875 bits per heavy atom. The zero-order valence-electron chi connectivity index (χ0n) is 17.5. The van der Waals surface area contributed by atoms with Crippen molar-refractivity contribution in [2.75, 3.05) is 6.61 Å². The first-order valence-corrected chi connectivity index (χ1v) is 10.5. The molecule has 0 N–H and O–H groups in total. The molecule has 0 aliphatic heterocycles. The smallest absolute Gasteiger partial charge is 0.174 e. The fraction of sp³-hybridized carbons (Fsp3) is 0.154. The summed E-state index contributed by atoms with van der Waals surface area (Å²) in [5.74, 6) is 2.05. The summed E-state index contributed by atoms with van der Waals surface area (Å²) in [7, 11) is 0. The van der Waals surface area contributed by atoms with Crippen molar-refractivity contribution in [3.63, 3.8) is 0 Å². The van der Waals surface area contributed by atoms with Gasteiger partial charge in [-0.25, -0.2) is 0 Å². The molecule has 0 saturated heterocycles. The first-order valence-electron chi connectivity index (χ1n) is 10.1. The maximum atomic E-state index is 8.81. The van der Waals surface area contributed by atoms with E-state index in [-0.39, 0.29) is 6.61 Å². The number of halogens is 1. The maximum Gasteiger partial charge on any atom is 0.174 e. The number of benzene rings is 3. The van der Waals surface area contributed by atoms with Crippen LogP contribution in [-0.4, -0.2) is 11.6 Å². The first kappa shape index (κ1) is 21.5. The number of fused-ring (bicyclic) bond motifs is 1. The summed E-state index contributed by atoms with van der Waals surface area (Å²) in [6.45, 7) is 2.60. The van der Waals surface area contributed by atoms with Crippen LogP contribution < -0.4 is 14.2 Å². The van der Waals surface area contributed by atoms with Crippen molar-refractivity contribution in [3.05, 3.63) is 94.8 Å². The Morgan fingerprint density at radius 3 is 2.47 bits per heavy atom. The van der Waals surface area contributed by atoms with Crippen molar-refractivity contribution in [1.82, 2.24) is 4.98 Å². The lowest BCUT2D eigenvalue weighted by molar-refractivity contribution is 0.281. The van der Waals surface area contributed by atoms with Crippen LogP contribution in [0.25, 0.3) is 10.8 Å². The summed E-state index contributed by atoms with van der Waals surface area (Å²) in [5.41, 5.74) is 2.67. The zero-order valence-corrected chi connectivity index (χ0v) is 18.3. The van der Waals surface area contributed by atoms with Crippen molar-refractivity contribution >= 4 is 22.4 Å². The number of hydrogen-bond donors (Lipinski definition) is 0. The molecule has 3 aromatic carbocycles. The zero-order chi connectivity index (χ0) is 22.3. The highest BCUT2D eigenvalue weighted by molar-refractivity contribution is 6.31. The molecular weight excluding hydrogens is 424 g/mol. The van der Waals surface area contributed by atoms with Crippen LogP contribution in [0.4, 0.5) is 0 Å². The van der Waals surface area contributed by atoms with Gasteiger partial charge in [-0.15, -0.1) is 0 Å². The van der Waals surface area contributed by atoms with Crippen LogP contribution in [0, 0.1) is 18.3 Å². The lowest BCUT2D eigenvalue weighted by Gasteiger charge is -2.14. The summed E-state index contributed by atoms with van der Waals surface area (Å²) in [5, 5.41) is 11.6. The third-order valence-electron chi connectivity index (χ3n) is 4.90. The molecule has 1 aromatic heterocycles. The summed E-state index contributed by atoms with van der Waals surface area (Å²) in [6.07, 6.45) is 1.80. The van der Waals surface area contributed by atoms with Gasteiger partial charge in [0.15, 0.2) is 6.61 Å². The van der Waals surface area contributed by atoms with Crippen LogP contribution in [0.5, 0.6) is 17.2 Å². The van der Waals surface area contributed by atoms with Crippen LogP contribution in [-0.2, 0) is 13.2 Å². The normalized spacial score (nSPS) is 10.5. The first-order chi connectivity index (χ1) is 15.6. The molecule has 0 spiro atoms. The number of hydrogen-bond acceptors (Lipinski definition) is 5. The fourth-order valence-corrected chi connectivity index (χ4v) is 3.53. The van der Waals surface area contributed by atoms with Crippen LogP contribution >= 0.6 is 11.6 Å². The van der Waals surface area contributed by atoms with Gasteiger partial charge in [0.2, 0.25) is 0 Å². The lowest BCUT2D eigenvalue weighted by Crippen LogP contribution is -2.03. The SMILES string of the molecule is Cc1cccc(COc2cccc(OCc3cc4ccc(Cl)cc4cn3)c2)c1OCC#N. The molecule has 0 bridgehead atoms. The minimum Gasteiger partial charge on any atom is -0.489 e. The molecule has 0 aliphatic carbocycles. The van der Waals surface area contributed by atoms with Crippen molar-refractivity contribution in [2.45, 2.75) is 20.1 Å². The molecule has 0 aliphatic rings. The molecule has 4 rings (SSSR count). The molecular formula is C26H21ClN2O3. The number of para-hydroxylation sites is 1. The average Bonchev–Trinajstić information content (AvgIpc) is 2.81. The molecule has 5 nitrogen and oxygen atoms in total. The number of ether oxygens (including phenoxy) is 3. The Hall–Kier alpha value is -3.75. The largest absolute Gasteiger partial charge is 0.489 e. The highest BCUT2D eigenvalue weighted by Gasteiger charge is 2.09. The second-order valence-electron chi connectivity index (χ2n) is 7.23. The van der Waals surface area contributed by atoms with E-state index in [0.717, 1.165) is 27.6 Å². The van der Waals surface area contributed by atoms with Gasteiger partial charge in [-0.3, -0.25) is 4.98 Å². The van der Waals surface area contributed by atoms with Gasteiger partial charge >= 0.3 is 0 Å². The molecule has 0 amide bonds. The number of nitriles is 1. The predicted octanol–water partition coefficient (Wildman–Crippen LogP) is 6.26. The Labute approximate surface area is 191 Å². The molecule has 6 heteroatoms. The third kappa shape index (κ3) is 5.29. The minimum atomic E-state index is -0.00295. The number of rotatable bonds is 8. The van der Waals surface area contributed by atoms with Crippen LogP contribution in [0.1, 0.15) is 16.8 Å². The Kier molecular flexibility index (Phi) is 6.74. The topological polar surface area (TPSA) is 64.4 Å². The quantitative estimate of drug-likeness (QED) is 0.321. The Morgan fingerprint density at radius 2 is 1.66 bits per heavy atom. The van der Waals surface area contributed by atoms with Gasteiger partial charge in [-0.1, -0.05) is 41.9 Å². The second kappa shape index (κ2) is 10.0. The third-order valence-corrected chi connectivity index (χ3v) is 5.14. The van der Waals surface area contributed by atoms with E-state index in [1.807, 2.05) is 79.7 Å². The molecule has 32 heavy (non-hydrogen) atoms. The number of nitrogens with zero attached hydrogens (tertiary/aromatic N) is 2. The summed E-state index contributed by atoms with van der Waals surface area (Å²) in [6, 6.07) is 23.0. The van der Waals surface area contributed by atoms with E-state index in [4.69, 9.17) is 31.1 Å². The molecule has 160 valence electrons. The molecule has 0 radical (unpaired) electrons. The number of aryl methyl sites for hydroxylation is 1. The van der Waals surface area contributed by atoms with Gasteiger partial charge in [-0.05, 0) is 48.2 Å². The Balaban J connectivity index is 1.41. The Bertz CT molecular complexity index is 1280. The summed E-state index contributed by atoms with van der Waals surface area (Å²) < 4.78 is 17.5. The molecule has 4 aromatic rings. The van der Waals surface area contributed by atoms with E-state index < -0.39 is 0 Å². The van der Waals surface area contributed by atoms with Crippen molar-refractivity contribution in [3.8, 4) is 23.3 Å². The summed E-state index contributed by atoms with van der Waals surface area (Å²) in [4.78, 5) is 4.45. The second-order valence-corrected chi connectivity index (χ2v) is 7.67. The van der Waals surface area contributed by atoms with Gasteiger partial charge < -0.3 is 14.2 Å². The number of aromatic nitrogens is 1. The average molecular weight is 445 g/mol. The van der Waals surface area contributed by atoms with E-state index in [1.165, 1.54) is 0 Å². The predicted molar refractivity (Wildman–Crippen MR) is 124 cm³/mol. The van der Waals surface area contributed by atoms with Crippen molar-refractivity contribution in [2.24, 2.45) is 0 Å². The van der Waals surface area contributed by atoms with E-state index in [0.29, 0.717) is 35.5 Å². The van der Waals surface area contributed by atoms with Gasteiger partial charge in [0.25, 0.3) is 0 Å². The van der Waals surface area contributed by atoms with Crippen LogP contribution in [0.2, 0.25) is 5.02 Å². The maximum absolute atomic E-state index is 8.81. The van der Waals surface area contributed by atoms with Crippen molar-refractivity contribution in [1.29, 1.82) is 5.26 Å². The monoisotopic (exact) mass is 444 g/mol. The van der Waals surface area contributed by atoms with E-state index in [2.05, 4.69) is 4.98 Å². The van der Waals surface area contributed by atoms with Gasteiger partial charge in [0.1, 0.15) is 36.5 Å². The van der Waals surface area contributed by atoms with E-state index in [1.54, 1.807) is 6.20 Å². The fourth-order valence-electron chi connectivity index (χ4n) is 3.35. The highest BCUT2D eigenvalue weighted by atomic mass is 35.5. The molecule has 0 saturated carbocycles. The molecule has 0 atom stereocenters. The molecule has 0 fully saturated rings. The van der Waals surface area contributed by atoms with Gasteiger partial charge in [-0.2, -0.15) is 5.26 Å². The molecule has 1 heterocycles. The highest BCUT2D eigenvalue weighted by Crippen LogP contribution is 2.27. The lowest BCUT2D eigenvalue weighted by atomic mass is 10.1. The summed E-state index contributed by atoms with van der Waals surface area (Å²) >= 11 is 6.03. The van der Waals surface area contributed by atoms with E-state index >= 15 is 0 Å². The number of pyridine rings is 1. The van der Waals surface area contributed by atoms with Crippen LogP contribution in [0.15, 0.2) is 72.9 Å². The minimum absolute atomic E-state index is 0.00295. The van der Waals surface area contributed by atoms with Crippen molar-refractivity contribution < 1.29 is 14.2 Å². The van der Waals surface area contributed by atoms with E-state index in [9.17, 15) is 0 Å². The van der Waals surface area contributed by atoms with Gasteiger partial charge in [0.05, 0.1) is 5.69 Å². The standard InChI is InChI=1S/C26H21ClN2O3/c1-18-4-2-5-20(26(18)30-11-10-28)16-31-24-6-3-7-25(14-24)32-17-23-13-19-8-9-22(27)12-21(19)15-29-23/h2-9,12-15H,11,16-17H2,1H3. The van der Waals surface area contributed by atoms with Gasteiger partial charge in [0, 0.05) is 28.2 Å². The molecule has 0 unspecified atom stereocenters.